The molecule has 1 aromatic heterocycles. The number of hydrogen-bond acceptors (Lipinski definition) is 6. The molecule has 5 rings (SSSR count). The second-order valence-electron chi connectivity index (χ2n) is 8.55. The summed E-state index contributed by atoms with van der Waals surface area (Å²) in [4.78, 5) is 29.2. The second-order valence-corrected chi connectivity index (χ2v) is 8.55. The number of nitrogens with zero attached hydrogens (tertiary/aromatic N) is 1. The zero-order valence-electron chi connectivity index (χ0n) is 20.2. The Kier molecular flexibility index (Phi) is 5.47. The van der Waals surface area contributed by atoms with E-state index >= 15 is 0 Å². The maximum atomic E-state index is 13.8. The normalized spacial score (nSPS) is 14.8. The summed E-state index contributed by atoms with van der Waals surface area (Å²) >= 11 is 0. The Morgan fingerprint density at radius 3 is 2.03 bits per heavy atom. The van der Waals surface area contributed by atoms with Crippen LogP contribution in [0.4, 0.5) is 5.69 Å². The van der Waals surface area contributed by atoms with Crippen LogP contribution in [0.25, 0.3) is 11.0 Å². The summed E-state index contributed by atoms with van der Waals surface area (Å²) in [5.41, 5.74) is 3.67. The molecule has 0 fully saturated rings. The van der Waals surface area contributed by atoms with E-state index in [1.807, 2.05) is 44.2 Å². The maximum Gasteiger partial charge on any atom is 0.295 e. The molecule has 0 radical (unpaired) electrons. The molecule has 1 atom stereocenters. The summed E-state index contributed by atoms with van der Waals surface area (Å²) in [6, 6.07) is 15.7. The molecule has 7 heteroatoms. The number of rotatable bonds is 5. The van der Waals surface area contributed by atoms with Crippen LogP contribution in [0.15, 0.2) is 63.8 Å². The fraction of sp³-hybridized carbons (Fsp3) is 0.214. The number of carbonyl (C=O) groups is 1. The molecular formula is C28H25NO6. The molecular weight excluding hydrogens is 446 g/mol. The van der Waals surface area contributed by atoms with Crippen LogP contribution in [0.3, 0.4) is 0 Å². The van der Waals surface area contributed by atoms with E-state index in [1.165, 1.54) is 21.3 Å². The number of methoxy groups -OCH3 is 3. The number of hydrogen-bond donors (Lipinski definition) is 0. The van der Waals surface area contributed by atoms with Gasteiger partial charge in [-0.05, 0) is 55.8 Å². The molecule has 1 aliphatic rings. The minimum Gasteiger partial charge on any atom is -0.493 e. The fourth-order valence-corrected chi connectivity index (χ4v) is 4.63. The molecule has 0 bridgehead atoms. The van der Waals surface area contributed by atoms with Gasteiger partial charge in [-0.15, -0.1) is 0 Å². The number of carbonyl (C=O) groups excluding carboxylic acids is 1. The van der Waals surface area contributed by atoms with E-state index in [0.29, 0.717) is 39.5 Å². The quantitative estimate of drug-likeness (QED) is 0.399. The van der Waals surface area contributed by atoms with Gasteiger partial charge in [-0.1, -0.05) is 29.3 Å². The lowest BCUT2D eigenvalue weighted by atomic mass is 9.97. The number of aryl methyl sites for hydroxylation is 2. The van der Waals surface area contributed by atoms with Gasteiger partial charge in [-0.25, -0.2) is 0 Å². The van der Waals surface area contributed by atoms with Crippen molar-refractivity contribution in [3.05, 3.63) is 92.8 Å². The molecule has 0 aliphatic carbocycles. The highest BCUT2D eigenvalue weighted by atomic mass is 16.5. The van der Waals surface area contributed by atoms with Crippen molar-refractivity contribution in [2.24, 2.45) is 0 Å². The fourth-order valence-electron chi connectivity index (χ4n) is 4.63. The first-order valence-electron chi connectivity index (χ1n) is 11.2. The zero-order chi connectivity index (χ0) is 24.9. The first-order valence-corrected chi connectivity index (χ1v) is 11.2. The van der Waals surface area contributed by atoms with Crippen LogP contribution in [0.2, 0.25) is 0 Å². The van der Waals surface area contributed by atoms with Gasteiger partial charge in [0, 0.05) is 5.69 Å². The lowest BCUT2D eigenvalue weighted by Gasteiger charge is -2.26. The van der Waals surface area contributed by atoms with Crippen LogP contribution < -0.4 is 24.5 Å². The molecule has 0 spiro atoms. The van der Waals surface area contributed by atoms with E-state index in [2.05, 4.69) is 0 Å². The third-order valence-electron chi connectivity index (χ3n) is 6.34. The number of anilines is 1. The van der Waals surface area contributed by atoms with E-state index in [0.717, 1.165) is 11.1 Å². The molecule has 1 unspecified atom stereocenters. The van der Waals surface area contributed by atoms with Crippen LogP contribution in [0, 0.1) is 13.8 Å². The van der Waals surface area contributed by atoms with E-state index in [1.54, 1.807) is 29.2 Å². The van der Waals surface area contributed by atoms with Crippen molar-refractivity contribution in [1.29, 1.82) is 0 Å². The highest BCUT2D eigenvalue weighted by Crippen LogP contribution is 2.46. The number of ether oxygens (including phenoxy) is 3. The Morgan fingerprint density at radius 1 is 0.800 bits per heavy atom. The van der Waals surface area contributed by atoms with Crippen LogP contribution in [0.1, 0.15) is 38.9 Å². The Hall–Kier alpha value is -4.26. The van der Waals surface area contributed by atoms with Crippen molar-refractivity contribution in [2.75, 3.05) is 26.2 Å². The van der Waals surface area contributed by atoms with Gasteiger partial charge < -0.3 is 18.6 Å². The predicted octanol–water partition coefficient (Wildman–Crippen LogP) is 5.19. The molecule has 1 aliphatic heterocycles. The summed E-state index contributed by atoms with van der Waals surface area (Å²) < 4.78 is 22.6. The number of fused-ring (bicyclic) bond motifs is 2. The molecule has 7 nitrogen and oxygen atoms in total. The van der Waals surface area contributed by atoms with Gasteiger partial charge in [-0.3, -0.25) is 14.5 Å². The Balaban J connectivity index is 1.84. The molecule has 1 amide bonds. The highest BCUT2D eigenvalue weighted by molar-refractivity contribution is 6.10. The lowest BCUT2D eigenvalue weighted by molar-refractivity contribution is 0.0971. The molecule has 178 valence electrons. The minimum absolute atomic E-state index is 0.0330. The average molecular weight is 472 g/mol. The maximum absolute atomic E-state index is 13.8. The molecule has 0 saturated carbocycles. The van der Waals surface area contributed by atoms with Crippen LogP contribution >= 0.6 is 0 Å². The second kappa shape index (κ2) is 8.51. The van der Waals surface area contributed by atoms with Crippen molar-refractivity contribution in [3.8, 4) is 17.2 Å². The largest absolute Gasteiger partial charge is 0.493 e. The summed E-state index contributed by atoms with van der Waals surface area (Å²) in [6.07, 6.45) is 0. The minimum atomic E-state index is -0.755. The Bertz CT molecular complexity index is 1490. The molecule has 4 aromatic rings. The Labute approximate surface area is 202 Å². The summed E-state index contributed by atoms with van der Waals surface area (Å²) in [5.74, 6) is 0.916. The third-order valence-corrected chi connectivity index (χ3v) is 6.34. The standard InChI is InChI=1S/C28H25NO6/c1-15-6-9-18(10-7-15)29-24(17-13-21(32-3)26(34-5)22(14-17)33-4)23-25(30)19-12-16(2)8-11-20(19)35-27(23)28(29)31/h6-14,24H,1-5H3. The van der Waals surface area contributed by atoms with E-state index in [4.69, 9.17) is 18.6 Å². The monoisotopic (exact) mass is 471 g/mol. The molecule has 0 saturated heterocycles. The average Bonchev–Trinajstić information content (AvgIpc) is 3.16. The van der Waals surface area contributed by atoms with Crippen molar-refractivity contribution >= 4 is 22.6 Å². The smallest absolute Gasteiger partial charge is 0.295 e. The SMILES string of the molecule is COc1cc(C2c3c(oc4ccc(C)cc4c3=O)C(=O)N2c2ccc(C)cc2)cc(OC)c1OC. The Morgan fingerprint density at radius 2 is 1.43 bits per heavy atom. The first-order chi connectivity index (χ1) is 16.9. The van der Waals surface area contributed by atoms with Crippen molar-refractivity contribution in [2.45, 2.75) is 19.9 Å². The van der Waals surface area contributed by atoms with Gasteiger partial charge in [0.05, 0.1) is 38.3 Å². The predicted molar refractivity (Wildman–Crippen MR) is 133 cm³/mol. The van der Waals surface area contributed by atoms with Crippen LogP contribution in [0.5, 0.6) is 17.2 Å². The van der Waals surface area contributed by atoms with E-state index in [-0.39, 0.29) is 22.7 Å². The molecule has 3 aromatic carbocycles. The van der Waals surface area contributed by atoms with E-state index < -0.39 is 6.04 Å². The van der Waals surface area contributed by atoms with Gasteiger partial charge in [0.1, 0.15) is 5.58 Å². The molecule has 35 heavy (non-hydrogen) atoms. The number of benzene rings is 3. The first kappa shape index (κ1) is 22.5. The molecule has 0 N–H and O–H groups in total. The van der Waals surface area contributed by atoms with Gasteiger partial charge in [0.2, 0.25) is 11.5 Å². The molecule has 2 heterocycles. The van der Waals surface area contributed by atoms with Gasteiger partial charge in [-0.2, -0.15) is 0 Å². The van der Waals surface area contributed by atoms with Crippen molar-refractivity contribution in [1.82, 2.24) is 0 Å². The summed E-state index contributed by atoms with van der Waals surface area (Å²) in [7, 11) is 4.57. The zero-order valence-corrected chi connectivity index (χ0v) is 20.2. The topological polar surface area (TPSA) is 78.2 Å². The third kappa shape index (κ3) is 3.51. The highest BCUT2D eigenvalue weighted by Gasteiger charge is 2.44. The van der Waals surface area contributed by atoms with Crippen molar-refractivity contribution < 1.29 is 23.4 Å². The van der Waals surface area contributed by atoms with Gasteiger partial charge in [0.15, 0.2) is 16.9 Å². The summed E-state index contributed by atoms with van der Waals surface area (Å²) in [5, 5.41) is 0.430. The van der Waals surface area contributed by atoms with Crippen molar-refractivity contribution in [3.63, 3.8) is 0 Å². The lowest BCUT2D eigenvalue weighted by Crippen LogP contribution is -2.29. The van der Waals surface area contributed by atoms with Crippen LogP contribution in [-0.4, -0.2) is 27.2 Å². The summed E-state index contributed by atoms with van der Waals surface area (Å²) in [6.45, 7) is 3.88. The van der Waals surface area contributed by atoms with Gasteiger partial charge in [0.25, 0.3) is 5.91 Å². The number of amides is 1. The van der Waals surface area contributed by atoms with E-state index in [9.17, 15) is 9.59 Å². The van der Waals surface area contributed by atoms with Crippen LogP contribution in [-0.2, 0) is 0 Å². The van der Waals surface area contributed by atoms with Gasteiger partial charge >= 0.3 is 0 Å².